The van der Waals surface area contributed by atoms with Crippen molar-refractivity contribution in [1.29, 1.82) is 0 Å². The van der Waals surface area contributed by atoms with Gasteiger partial charge in [0.05, 0.1) is 12.0 Å². The third-order valence-corrected chi connectivity index (χ3v) is 3.90. The first kappa shape index (κ1) is 16.4. The minimum atomic E-state index is -0.178. The van der Waals surface area contributed by atoms with Gasteiger partial charge in [-0.25, -0.2) is 0 Å². The van der Waals surface area contributed by atoms with E-state index in [1.165, 1.54) is 0 Å². The molecule has 0 saturated heterocycles. The highest BCUT2D eigenvalue weighted by Gasteiger charge is 2.40. The van der Waals surface area contributed by atoms with Crippen LogP contribution in [-0.4, -0.2) is 53.0 Å². The van der Waals surface area contributed by atoms with E-state index < -0.39 is 0 Å². The molecule has 0 radical (unpaired) electrons. The lowest BCUT2D eigenvalue weighted by atomic mass is 9.82. The van der Waals surface area contributed by atoms with E-state index in [4.69, 9.17) is 9.47 Å². The summed E-state index contributed by atoms with van der Waals surface area (Å²) in [6.07, 6.45) is 5.15. The third kappa shape index (κ3) is 5.47. The molecule has 0 aromatic heterocycles. The van der Waals surface area contributed by atoms with Crippen molar-refractivity contribution in [1.82, 2.24) is 10.6 Å². The predicted octanol–water partition coefficient (Wildman–Crippen LogP) is 0.935. The zero-order chi connectivity index (χ0) is 14.0. The zero-order valence-electron chi connectivity index (χ0n) is 12.3. The van der Waals surface area contributed by atoms with Gasteiger partial charge in [0.1, 0.15) is 0 Å². The molecule has 112 valence electrons. The fourth-order valence-electron chi connectivity index (χ4n) is 2.69. The highest BCUT2D eigenvalue weighted by atomic mass is 16.5. The summed E-state index contributed by atoms with van der Waals surface area (Å²) in [5.74, 6) is 0.204. The molecule has 0 aliphatic heterocycles. The van der Waals surface area contributed by atoms with Gasteiger partial charge in [0.15, 0.2) is 0 Å². The monoisotopic (exact) mass is 272 g/mol. The van der Waals surface area contributed by atoms with Gasteiger partial charge in [0.2, 0.25) is 5.91 Å². The lowest BCUT2D eigenvalue weighted by Gasteiger charge is -2.27. The van der Waals surface area contributed by atoms with Crippen molar-refractivity contribution < 1.29 is 14.3 Å². The van der Waals surface area contributed by atoms with Gasteiger partial charge in [0.25, 0.3) is 0 Å². The Hall–Kier alpha value is -0.650. The molecular formula is C14H28N2O3. The molecule has 5 nitrogen and oxygen atoms in total. The molecule has 2 N–H and O–H groups in total. The minimum Gasteiger partial charge on any atom is -0.385 e. The number of amides is 1. The van der Waals surface area contributed by atoms with Gasteiger partial charge >= 0.3 is 0 Å². The van der Waals surface area contributed by atoms with Crippen LogP contribution >= 0.6 is 0 Å². The van der Waals surface area contributed by atoms with Crippen LogP contribution in [0.1, 0.15) is 32.1 Å². The molecule has 1 aliphatic carbocycles. The fraction of sp³-hybridized carbons (Fsp3) is 0.929. The van der Waals surface area contributed by atoms with Crippen LogP contribution in [0.5, 0.6) is 0 Å². The first-order chi connectivity index (χ1) is 9.25. The van der Waals surface area contributed by atoms with E-state index in [0.29, 0.717) is 19.8 Å². The Balaban J connectivity index is 2.24. The number of hydrogen-bond acceptors (Lipinski definition) is 4. The van der Waals surface area contributed by atoms with Gasteiger partial charge in [0, 0.05) is 40.5 Å². The van der Waals surface area contributed by atoms with Crippen molar-refractivity contribution in [3.05, 3.63) is 0 Å². The Morgan fingerprint density at radius 1 is 1.05 bits per heavy atom. The van der Waals surface area contributed by atoms with Gasteiger partial charge in [-0.2, -0.15) is 0 Å². The van der Waals surface area contributed by atoms with Crippen LogP contribution in [-0.2, 0) is 14.3 Å². The molecule has 0 unspecified atom stereocenters. The molecule has 1 fully saturated rings. The van der Waals surface area contributed by atoms with Crippen molar-refractivity contribution in [3.63, 3.8) is 0 Å². The van der Waals surface area contributed by atoms with Crippen molar-refractivity contribution >= 4 is 5.91 Å². The van der Waals surface area contributed by atoms with E-state index in [-0.39, 0.29) is 11.3 Å². The lowest BCUT2D eigenvalue weighted by molar-refractivity contribution is -0.131. The predicted molar refractivity (Wildman–Crippen MR) is 75.1 cm³/mol. The summed E-state index contributed by atoms with van der Waals surface area (Å²) in [7, 11) is 3.38. The summed E-state index contributed by atoms with van der Waals surface area (Å²) in [6, 6.07) is 0. The maximum atomic E-state index is 12.3. The maximum absolute atomic E-state index is 12.3. The number of carbonyl (C=O) groups is 1. The molecule has 0 spiro atoms. The summed E-state index contributed by atoms with van der Waals surface area (Å²) in [6.45, 7) is 3.65. The van der Waals surface area contributed by atoms with E-state index in [1.54, 1.807) is 14.2 Å². The summed E-state index contributed by atoms with van der Waals surface area (Å²) < 4.78 is 10.1. The van der Waals surface area contributed by atoms with E-state index in [0.717, 1.165) is 45.2 Å². The van der Waals surface area contributed by atoms with Gasteiger partial charge in [-0.15, -0.1) is 0 Å². The van der Waals surface area contributed by atoms with Crippen LogP contribution in [0.15, 0.2) is 0 Å². The third-order valence-electron chi connectivity index (χ3n) is 3.90. The fourth-order valence-corrected chi connectivity index (χ4v) is 2.69. The Labute approximate surface area is 116 Å². The quantitative estimate of drug-likeness (QED) is 0.581. The number of methoxy groups -OCH3 is 2. The molecule has 0 aromatic carbocycles. The first-order valence-electron chi connectivity index (χ1n) is 7.22. The molecule has 1 amide bonds. The molecule has 0 heterocycles. The second kappa shape index (κ2) is 9.28. The molecule has 1 aliphatic rings. The maximum Gasteiger partial charge on any atom is 0.226 e. The van der Waals surface area contributed by atoms with Crippen LogP contribution in [0.3, 0.4) is 0 Å². The molecule has 0 atom stereocenters. The molecule has 1 saturated carbocycles. The highest BCUT2D eigenvalue weighted by molar-refractivity contribution is 5.82. The summed E-state index contributed by atoms with van der Waals surface area (Å²) in [5.41, 5.74) is -0.178. The summed E-state index contributed by atoms with van der Waals surface area (Å²) >= 11 is 0. The molecule has 19 heavy (non-hydrogen) atoms. The Bertz CT molecular complexity index is 253. The highest BCUT2D eigenvalue weighted by Crippen LogP contribution is 2.41. The number of nitrogens with one attached hydrogen (secondary N) is 2. The van der Waals surface area contributed by atoms with Crippen molar-refractivity contribution in [2.75, 3.05) is 47.1 Å². The van der Waals surface area contributed by atoms with Crippen LogP contribution in [0.2, 0.25) is 0 Å². The normalized spacial score (nSPS) is 17.6. The number of ether oxygens (including phenoxy) is 2. The Kier molecular flexibility index (Phi) is 8.02. The largest absolute Gasteiger partial charge is 0.385 e. The zero-order valence-corrected chi connectivity index (χ0v) is 12.3. The standard InChI is InChI=1S/C14H28N2O3/c1-18-11-7-14(5-3-4-6-14)13(17)16-9-8-15-10-12-19-2/h15H,3-12H2,1-2H3,(H,16,17). The molecule has 0 bridgehead atoms. The van der Waals surface area contributed by atoms with Crippen LogP contribution in [0.4, 0.5) is 0 Å². The molecular weight excluding hydrogens is 244 g/mol. The van der Waals surface area contributed by atoms with Crippen molar-refractivity contribution in [3.8, 4) is 0 Å². The van der Waals surface area contributed by atoms with Gasteiger partial charge in [-0.3, -0.25) is 4.79 Å². The van der Waals surface area contributed by atoms with E-state index in [1.807, 2.05) is 0 Å². The van der Waals surface area contributed by atoms with E-state index in [9.17, 15) is 4.79 Å². The van der Waals surface area contributed by atoms with Gasteiger partial charge < -0.3 is 20.1 Å². The Morgan fingerprint density at radius 3 is 2.37 bits per heavy atom. The molecule has 5 heteroatoms. The van der Waals surface area contributed by atoms with Crippen molar-refractivity contribution in [2.24, 2.45) is 5.41 Å². The SMILES string of the molecule is COCCNCCNC(=O)C1(CCOC)CCCC1. The average molecular weight is 272 g/mol. The number of rotatable bonds is 10. The second-order valence-electron chi connectivity index (χ2n) is 5.23. The van der Waals surface area contributed by atoms with Crippen LogP contribution in [0.25, 0.3) is 0 Å². The average Bonchev–Trinajstić information content (AvgIpc) is 2.90. The number of hydrogen-bond donors (Lipinski definition) is 2. The molecule has 0 aromatic rings. The van der Waals surface area contributed by atoms with Crippen LogP contribution in [0, 0.1) is 5.41 Å². The van der Waals surface area contributed by atoms with E-state index >= 15 is 0 Å². The van der Waals surface area contributed by atoms with Crippen LogP contribution < -0.4 is 10.6 Å². The van der Waals surface area contributed by atoms with Gasteiger partial charge in [-0.1, -0.05) is 12.8 Å². The Morgan fingerprint density at radius 2 is 1.74 bits per heavy atom. The van der Waals surface area contributed by atoms with E-state index in [2.05, 4.69) is 10.6 Å². The molecule has 1 rings (SSSR count). The second-order valence-corrected chi connectivity index (χ2v) is 5.23. The number of carbonyl (C=O) groups excluding carboxylic acids is 1. The van der Waals surface area contributed by atoms with Gasteiger partial charge in [-0.05, 0) is 19.3 Å². The minimum absolute atomic E-state index is 0.178. The first-order valence-corrected chi connectivity index (χ1v) is 7.22. The summed E-state index contributed by atoms with van der Waals surface area (Å²) in [5, 5.41) is 6.28. The lowest BCUT2D eigenvalue weighted by Crippen LogP contribution is -2.42. The van der Waals surface area contributed by atoms with Crippen molar-refractivity contribution in [2.45, 2.75) is 32.1 Å². The summed E-state index contributed by atoms with van der Waals surface area (Å²) in [4.78, 5) is 12.3. The topological polar surface area (TPSA) is 59.6 Å². The smallest absolute Gasteiger partial charge is 0.226 e.